The third-order valence-corrected chi connectivity index (χ3v) is 11.3. The van der Waals surface area contributed by atoms with E-state index in [1.807, 2.05) is 12.1 Å². The zero-order chi connectivity index (χ0) is 33.7. The lowest BCUT2D eigenvalue weighted by atomic mass is 9.58. The maximum atomic E-state index is 13.6. The van der Waals surface area contributed by atoms with Gasteiger partial charge in [0, 0.05) is 6.42 Å². The second-order valence-electron chi connectivity index (χ2n) is 13.1. The number of nitroso groups, excluding NO2 is 1. The average molecular weight is 674 g/mol. The van der Waals surface area contributed by atoms with Crippen LogP contribution in [0.4, 0.5) is 45.2 Å². The first-order valence-corrected chi connectivity index (χ1v) is 17.0. The van der Waals surface area contributed by atoms with E-state index in [2.05, 4.69) is 31.7 Å². The molecule has 2 aliphatic carbocycles. The highest BCUT2D eigenvalue weighted by atomic mass is 32.2. The van der Waals surface area contributed by atoms with E-state index < -0.39 is 36.1 Å². The summed E-state index contributed by atoms with van der Waals surface area (Å²) in [7, 11) is 0. The standard InChI is InChI=1S/C33H44F9NOS/c1-22-12-15-28-23(2)26(16-17-29(22,28)3)27-14-13-25(43-44)21-24(27)11-9-7-5-4-6-8-10-19-45-20-18-30(34,35)31(36,37)32(38,39)33(40,41)42/h13-14,21,23,26,28H,1,4-12,15-20H2,2-3H3. The Hall–Kier alpha value is -1.72. The monoisotopic (exact) mass is 673 g/mol. The molecule has 256 valence electrons. The first kappa shape index (κ1) is 37.7. The molecular weight excluding hydrogens is 629 g/mol. The Balaban J connectivity index is 1.35. The van der Waals surface area contributed by atoms with Gasteiger partial charge in [-0.05, 0) is 108 Å². The van der Waals surface area contributed by atoms with Gasteiger partial charge in [0.05, 0.1) is 0 Å². The van der Waals surface area contributed by atoms with E-state index in [0.29, 0.717) is 35.6 Å². The van der Waals surface area contributed by atoms with Crippen molar-refractivity contribution < 1.29 is 39.5 Å². The SMILES string of the molecule is C=C1CCC2C(C)C(c3ccc(N=O)cc3CCCCCCCCCSCCC(F)(F)C(F)(F)C(F)(F)C(F)(F)F)CCC12C. The highest BCUT2D eigenvalue weighted by Gasteiger charge is 2.81. The number of halogens is 9. The molecule has 45 heavy (non-hydrogen) atoms. The van der Waals surface area contributed by atoms with Gasteiger partial charge in [0.2, 0.25) is 0 Å². The van der Waals surface area contributed by atoms with Crippen molar-refractivity contribution in [1.29, 1.82) is 0 Å². The fraction of sp³-hybridized carbons (Fsp3) is 0.758. The molecule has 0 aliphatic heterocycles. The summed E-state index contributed by atoms with van der Waals surface area (Å²) in [5, 5.41) is 3.15. The molecule has 0 radical (unpaired) electrons. The third kappa shape index (κ3) is 8.23. The Morgan fingerprint density at radius 3 is 2.13 bits per heavy atom. The quantitative estimate of drug-likeness (QED) is 0.0713. The number of rotatable bonds is 17. The van der Waals surface area contributed by atoms with E-state index in [9.17, 15) is 44.4 Å². The lowest BCUT2D eigenvalue weighted by Gasteiger charge is -2.46. The lowest BCUT2D eigenvalue weighted by molar-refractivity contribution is -0.396. The Morgan fingerprint density at radius 1 is 0.889 bits per heavy atom. The number of hydrogen-bond acceptors (Lipinski definition) is 3. The molecule has 2 aliphatic rings. The number of hydrogen-bond donors (Lipinski definition) is 0. The zero-order valence-corrected chi connectivity index (χ0v) is 26.8. The molecule has 2 saturated carbocycles. The molecule has 12 heteroatoms. The summed E-state index contributed by atoms with van der Waals surface area (Å²) < 4.78 is 116. The van der Waals surface area contributed by atoms with Crippen molar-refractivity contribution in [2.45, 2.75) is 127 Å². The van der Waals surface area contributed by atoms with Crippen molar-refractivity contribution in [1.82, 2.24) is 0 Å². The molecular formula is C33H44F9NOS. The summed E-state index contributed by atoms with van der Waals surface area (Å²) in [4.78, 5) is 11.3. The molecule has 0 bridgehead atoms. The summed E-state index contributed by atoms with van der Waals surface area (Å²) in [6.07, 6.45) is 2.86. The first-order chi connectivity index (χ1) is 20.9. The first-order valence-electron chi connectivity index (χ1n) is 15.8. The molecule has 4 unspecified atom stereocenters. The highest BCUT2D eigenvalue weighted by Crippen LogP contribution is 2.60. The number of thioether (sulfide) groups is 1. The predicted molar refractivity (Wildman–Crippen MR) is 162 cm³/mol. The molecule has 0 saturated heterocycles. The van der Waals surface area contributed by atoms with Gasteiger partial charge in [0.15, 0.2) is 0 Å². The van der Waals surface area contributed by atoms with E-state index in [1.165, 1.54) is 23.1 Å². The smallest absolute Gasteiger partial charge is 0.200 e. The van der Waals surface area contributed by atoms with Crippen LogP contribution in [0.5, 0.6) is 0 Å². The normalized spacial score (nSPS) is 24.6. The Bertz CT molecular complexity index is 1160. The number of aryl methyl sites for hydroxylation is 1. The van der Waals surface area contributed by atoms with Crippen LogP contribution >= 0.6 is 11.8 Å². The van der Waals surface area contributed by atoms with E-state index in [-0.39, 0.29) is 5.41 Å². The highest BCUT2D eigenvalue weighted by molar-refractivity contribution is 7.99. The molecule has 2 fully saturated rings. The van der Waals surface area contributed by atoms with Gasteiger partial charge in [0.25, 0.3) is 0 Å². The maximum Gasteiger partial charge on any atom is 0.460 e. The number of alkyl halides is 9. The molecule has 2 nitrogen and oxygen atoms in total. The van der Waals surface area contributed by atoms with Crippen molar-refractivity contribution in [2.75, 3.05) is 11.5 Å². The fourth-order valence-electron chi connectivity index (χ4n) is 7.34. The van der Waals surface area contributed by atoms with Crippen LogP contribution < -0.4 is 0 Å². The van der Waals surface area contributed by atoms with Crippen LogP contribution in [0, 0.1) is 22.2 Å². The van der Waals surface area contributed by atoms with E-state index >= 15 is 0 Å². The van der Waals surface area contributed by atoms with Gasteiger partial charge in [-0.25, -0.2) is 0 Å². The second kappa shape index (κ2) is 15.0. The van der Waals surface area contributed by atoms with Gasteiger partial charge in [-0.2, -0.15) is 51.3 Å². The van der Waals surface area contributed by atoms with Gasteiger partial charge in [0.1, 0.15) is 5.69 Å². The summed E-state index contributed by atoms with van der Waals surface area (Å²) in [6.45, 7) is 9.08. The van der Waals surface area contributed by atoms with Gasteiger partial charge < -0.3 is 0 Å². The molecule has 4 atom stereocenters. The van der Waals surface area contributed by atoms with Crippen LogP contribution in [0.1, 0.15) is 108 Å². The summed E-state index contributed by atoms with van der Waals surface area (Å²) in [5.41, 5.74) is 4.54. The van der Waals surface area contributed by atoms with Crippen molar-refractivity contribution in [3.63, 3.8) is 0 Å². The predicted octanol–water partition coefficient (Wildman–Crippen LogP) is 12.4. The molecule has 0 spiro atoms. The van der Waals surface area contributed by atoms with E-state index in [1.54, 1.807) is 0 Å². The molecule has 1 aromatic carbocycles. The molecule has 0 amide bonds. The van der Waals surface area contributed by atoms with Gasteiger partial charge in [-0.1, -0.05) is 64.2 Å². The number of fused-ring (bicyclic) bond motifs is 1. The van der Waals surface area contributed by atoms with E-state index in [4.69, 9.17) is 0 Å². The molecule has 0 aromatic heterocycles. The van der Waals surface area contributed by atoms with Crippen LogP contribution in [0.2, 0.25) is 0 Å². The zero-order valence-electron chi connectivity index (χ0n) is 25.9. The topological polar surface area (TPSA) is 29.4 Å². The minimum Gasteiger partial charge on any atom is -0.200 e. The van der Waals surface area contributed by atoms with Gasteiger partial charge in [-0.15, -0.1) is 4.91 Å². The minimum absolute atomic E-state index is 0.214. The van der Waals surface area contributed by atoms with Gasteiger partial charge in [-0.3, -0.25) is 0 Å². The Kier molecular flexibility index (Phi) is 12.6. The minimum atomic E-state index is -6.82. The van der Waals surface area contributed by atoms with Crippen molar-refractivity contribution in [3.05, 3.63) is 46.4 Å². The number of benzene rings is 1. The summed E-state index contributed by atoms with van der Waals surface area (Å²) in [5.74, 6) is -17.6. The van der Waals surface area contributed by atoms with Crippen LogP contribution in [-0.4, -0.2) is 35.4 Å². The summed E-state index contributed by atoms with van der Waals surface area (Å²) in [6, 6.07) is 5.82. The van der Waals surface area contributed by atoms with Crippen LogP contribution in [0.15, 0.2) is 35.5 Å². The van der Waals surface area contributed by atoms with Crippen LogP contribution in [0.25, 0.3) is 0 Å². The maximum absolute atomic E-state index is 13.6. The number of unbranched alkanes of at least 4 members (excludes halogenated alkanes) is 6. The largest absolute Gasteiger partial charge is 0.460 e. The Morgan fingerprint density at radius 2 is 1.51 bits per heavy atom. The second-order valence-corrected chi connectivity index (χ2v) is 14.3. The molecule has 3 rings (SSSR count). The van der Waals surface area contributed by atoms with Crippen molar-refractivity contribution >= 4 is 17.4 Å². The summed E-state index contributed by atoms with van der Waals surface area (Å²) >= 11 is 0.831. The van der Waals surface area contributed by atoms with Crippen molar-refractivity contribution in [2.24, 2.45) is 22.4 Å². The fourth-order valence-corrected chi connectivity index (χ4v) is 8.35. The average Bonchev–Trinajstić information content (AvgIpc) is 3.27. The van der Waals surface area contributed by atoms with Crippen LogP contribution in [-0.2, 0) is 6.42 Å². The third-order valence-electron chi connectivity index (χ3n) is 10.3. The molecule has 1 aromatic rings. The van der Waals surface area contributed by atoms with Crippen LogP contribution in [0.3, 0.4) is 0 Å². The molecule has 0 N–H and O–H groups in total. The molecule has 0 heterocycles. The van der Waals surface area contributed by atoms with Gasteiger partial charge >= 0.3 is 23.9 Å². The van der Waals surface area contributed by atoms with Crippen molar-refractivity contribution in [3.8, 4) is 0 Å². The lowest BCUT2D eigenvalue weighted by Crippen LogP contribution is -2.60. The number of allylic oxidation sites excluding steroid dienone is 1. The number of nitrogens with zero attached hydrogens (tertiary/aromatic N) is 1. The Labute approximate surface area is 264 Å². The van der Waals surface area contributed by atoms with E-state index in [0.717, 1.165) is 76.0 Å².